The molecule has 0 radical (unpaired) electrons. The summed E-state index contributed by atoms with van der Waals surface area (Å²) in [5.41, 5.74) is 5.16. The molecule has 1 unspecified atom stereocenters. The Kier molecular flexibility index (Phi) is 5.17. The largest absolute Gasteiger partial charge is 0.303 e. The third-order valence-electron chi connectivity index (χ3n) is 3.84. The average Bonchev–Trinajstić information content (AvgIpc) is 2.27. The molecule has 0 heterocycles. The molecule has 3 N–H and O–H groups in total. The zero-order valence-electron chi connectivity index (χ0n) is 11.9. The smallest absolute Gasteiger partial charge is 0.0441 e. The van der Waals surface area contributed by atoms with Crippen molar-refractivity contribution in [3.8, 4) is 0 Å². The minimum Gasteiger partial charge on any atom is -0.303 e. The fraction of sp³-hybridized carbons (Fsp3) is 0.571. The van der Waals surface area contributed by atoms with Gasteiger partial charge in [0.05, 0.1) is 0 Å². The number of nitrogens with zero attached hydrogens (tertiary/aromatic N) is 1. The summed E-state index contributed by atoms with van der Waals surface area (Å²) in [5, 5.41) is 0.810. The normalized spacial score (nSPS) is 14.0. The highest BCUT2D eigenvalue weighted by molar-refractivity contribution is 6.31. The lowest BCUT2D eigenvalue weighted by Gasteiger charge is -2.40. The van der Waals surface area contributed by atoms with Crippen LogP contribution in [0.1, 0.15) is 25.0 Å². The minimum absolute atomic E-state index is 0.0526. The van der Waals surface area contributed by atoms with Crippen LogP contribution in [0.5, 0.6) is 0 Å². The lowest BCUT2D eigenvalue weighted by molar-refractivity contribution is 0.137. The Morgan fingerprint density at radius 2 is 2.00 bits per heavy atom. The standard InChI is InChI=1S/C14H24ClN3/c1-10-6-7-11(12(15)8-10)9-13(17-16)14(2,3)18(4)5/h6-8,13,17H,9,16H2,1-5H3. The van der Waals surface area contributed by atoms with Gasteiger partial charge >= 0.3 is 0 Å². The van der Waals surface area contributed by atoms with E-state index in [0.717, 1.165) is 17.0 Å². The van der Waals surface area contributed by atoms with Gasteiger partial charge in [-0.05, 0) is 58.5 Å². The third-order valence-corrected chi connectivity index (χ3v) is 4.19. The first-order valence-electron chi connectivity index (χ1n) is 6.17. The number of halogens is 1. The van der Waals surface area contributed by atoms with Crippen LogP contribution in [0.15, 0.2) is 18.2 Å². The molecule has 1 atom stereocenters. The highest BCUT2D eigenvalue weighted by atomic mass is 35.5. The van der Waals surface area contributed by atoms with Crippen LogP contribution in [0.2, 0.25) is 5.02 Å². The summed E-state index contributed by atoms with van der Waals surface area (Å²) in [6.07, 6.45) is 0.806. The Labute approximate surface area is 115 Å². The van der Waals surface area contributed by atoms with Crippen LogP contribution >= 0.6 is 11.6 Å². The molecule has 0 saturated heterocycles. The summed E-state index contributed by atoms with van der Waals surface area (Å²) in [5.74, 6) is 5.70. The lowest BCUT2D eigenvalue weighted by Crippen LogP contribution is -2.58. The van der Waals surface area contributed by atoms with Crippen molar-refractivity contribution in [1.82, 2.24) is 10.3 Å². The van der Waals surface area contributed by atoms with Crippen molar-refractivity contribution in [2.24, 2.45) is 5.84 Å². The Hall–Kier alpha value is -0.610. The van der Waals surface area contributed by atoms with Crippen LogP contribution in [0, 0.1) is 6.92 Å². The molecule has 0 bridgehead atoms. The zero-order chi connectivity index (χ0) is 13.9. The number of nitrogens with one attached hydrogen (secondary N) is 1. The first kappa shape index (κ1) is 15.4. The predicted octanol–water partition coefficient (Wildman–Crippen LogP) is 2.36. The third kappa shape index (κ3) is 3.45. The molecular weight excluding hydrogens is 246 g/mol. The van der Waals surface area contributed by atoms with Gasteiger partial charge in [0.1, 0.15) is 0 Å². The number of rotatable bonds is 5. The van der Waals surface area contributed by atoms with Gasteiger partial charge in [-0.2, -0.15) is 0 Å². The summed E-state index contributed by atoms with van der Waals surface area (Å²) in [6.45, 7) is 6.37. The molecule has 1 aromatic rings. The molecule has 0 aliphatic rings. The van der Waals surface area contributed by atoms with Crippen LogP contribution < -0.4 is 11.3 Å². The van der Waals surface area contributed by atoms with Gasteiger partial charge in [-0.25, -0.2) is 0 Å². The molecule has 0 aromatic heterocycles. The van der Waals surface area contributed by atoms with E-state index in [1.54, 1.807) is 0 Å². The van der Waals surface area contributed by atoms with Gasteiger partial charge in [0.2, 0.25) is 0 Å². The molecule has 1 rings (SSSR count). The molecule has 0 spiro atoms. The van der Waals surface area contributed by atoms with E-state index in [1.165, 1.54) is 5.56 Å². The Balaban J connectivity index is 2.93. The molecule has 0 aliphatic heterocycles. The topological polar surface area (TPSA) is 41.3 Å². The summed E-state index contributed by atoms with van der Waals surface area (Å²) in [7, 11) is 4.11. The molecule has 3 nitrogen and oxygen atoms in total. The van der Waals surface area contributed by atoms with E-state index in [2.05, 4.69) is 50.4 Å². The maximum Gasteiger partial charge on any atom is 0.0441 e. The van der Waals surface area contributed by atoms with Crippen LogP contribution in [-0.4, -0.2) is 30.6 Å². The van der Waals surface area contributed by atoms with E-state index in [1.807, 2.05) is 13.0 Å². The van der Waals surface area contributed by atoms with E-state index in [4.69, 9.17) is 17.4 Å². The maximum atomic E-state index is 6.28. The van der Waals surface area contributed by atoms with Crippen LogP contribution in [-0.2, 0) is 6.42 Å². The second-order valence-electron chi connectivity index (χ2n) is 5.57. The zero-order valence-corrected chi connectivity index (χ0v) is 12.7. The number of nitrogens with two attached hydrogens (primary N) is 1. The number of hydrogen-bond acceptors (Lipinski definition) is 3. The van der Waals surface area contributed by atoms with Crippen molar-refractivity contribution in [3.05, 3.63) is 34.3 Å². The molecule has 4 heteroatoms. The molecule has 0 saturated carbocycles. The van der Waals surface area contributed by atoms with Gasteiger partial charge in [-0.15, -0.1) is 0 Å². The van der Waals surface area contributed by atoms with Gasteiger partial charge in [0.15, 0.2) is 0 Å². The van der Waals surface area contributed by atoms with Crippen molar-refractivity contribution in [2.45, 2.75) is 38.8 Å². The summed E-state index contributed by atoms with van der Waals surface area (Å²) < 4.78 is 0. The van der Waals surface area contributed by atoms with E-state index in [0.29, 0.717) is 0 Å². The molecule has 0 aliphatic carbocycles. The molecule has 102 valence electrons. The second kappa shape index (κ2) is 6.02. The van der Waals surface area contributed by atoms with Crippen molar-refractivity contribution in [1.29, 1.82) is 0 Å². The molecular formula is C14H24ClN3. The molecule has 0 fully saturated rings. The Bertz CT molecular complexity index is 402. The first-order valence-corrected chi connectivity index (χ1v) is 6.55. The van der Waals surface area contributed by atoms with E-state index in [-0.39, 0.29) is 11.6 Å². The predicted molar refractivity (Wildman–Crippen MR) is 78.8 cm³/mol. The fourth-order valence-corrected chi connectivity index (χ4v) is 2.17. The minimum atomic E-state index is -0.0526. The second-order valence-corrected chi connectivity index (χ2v) is 5.97. The fourth-order valence-electron chi connectivity index (χ4n) is 1.86. The van der Waals surface area contributed by atoms with Crippen molar-refractivity contribution < 1.29 is 0 Å². The quantitative estimate of drug-likeness (QED) is 0.637. The number of aryl methyl sites for hydroxylation is 1. The van der Waals surface area contributed by atoms with Crippen molar-refractivity contribution in [2.75, 3.05) is 14.1 Å². The van der Waals surface area contributed by atoms with Gasteiger partial charge in [-0.1, -0.05) is 23.7 Å². The molecule has 1 aromatic carbocycles. The number of hydrazine groups is 1. The molecule has 0 amide bonds. The van der Waals surface area contributed by atoms with E-state index < -0.39 is 0 Å². The van der Waals surface area contributed by atoms with Crippen molar-refractivity contribution >= 4 is 11.6 Å². The highest BCUT2D eigenvalue weighted by Gasteiger charge is 2.31. The van der Waals surface area contributed by atoms with E-state index in [9.17, 15) is 0 Å². The van der Waals surface area contributed by atoms with Crippen LogP contribution in [0.4, 0.5) is 0 Å². The lowest BCUT2D eigenvalue weighted by atomic mass is 9.88. The average molecular weight is 270 g/mol. The summed E-state index contributed by atoms with van der Waals surface area (Å²) >= 11 is 6.28. The number of benzene rings is 1. The SMILES string of the molecule is Cc1ccc(CC(NN)C(C)(C)N(C)C)c(Cl)c1. The van der Waals surface area contributed by atoms with Gasteiger partial charge in [0, 0.05) is 16.6 Å². The van der Waals surface area contributed by atoms with Gasteiger partial charge in [0.25, 0.3) is 0 Å². The van der Waals surface area contributed by atoms with E-state index >= 15 is 0 Å². The monoisotopic (exact) mass is 269 g/mol. The van der Waals surface area contributed by atoms with Crippen molar-refractivity contribution in [3.63, 3.8) is 0 Å². The summed E-state index contributed by atoms with van der Waals surface area (Å²) in [4.78, 5) is 2.17. The highest BCUT2D eigenvalue weighted by Crippen LogP contribution is 2.24. The van der Waals surface area contributed by atoms with Gasteiger partial charge in [-0.3, -0.25) is 11.3 Å². The van der Waals surface area contributed by atoms with Crippen LogP contribution in [0.25, 0.3) is 0 Å². The number of hydrogen-bond donors (Lipinski definition) is 2. The van der Waals surface area contributed by atoms with Gasteiger partial charge < -0.3 is 4.90 Å². The summed E-state index contributed by atoms with van der Waals surface area (Å²) in [6, 6.07) is 6.28. The van der Waals surface area contributed by atoms with Crippen LogP contribution in [0.3, 0.4) is 0 Å². The Morgan fingerprint density at radius 1 is 1.39 bits per heavy atom. The maximum absolute atomic E-state index is 6.28. The Morgan fingerprint density at radius 3 is 2.44 bits per heavy atom. The first-order chi connectivity index (χ1) is 8.28. The molecule has 18 heavy (non-hydrogen) atoms. The number of likely N-dealkylation sites (N-methyl/N-ethyl adjacent to an activating group) is 1.